The number of hydrogen-bond donors (Lipinski definition) is 2. The highest BCUT2D eigenvalue weighted by Gasteiger charge is 2.41. The number of hydrazine groups is 1. The standard InChI is InChI=1S/C35H43N3O4/c1-5-27-32-28(37(4)36-27)21-41-19-9-8-18-38-33-26(16-15-22(2)31(32)33)30(34(38)35(39)40)23(3)17-20-42-29-14-10-12-24-11-6-7-13-25(24)29/h6-7,10-14,16,21-23,27,32,36H,5,8-9,15,17-20H2,1-4H3,(H,39,40)/b28-21+. The van der Waals surface area contributed by atoms with E-state index in [4.69, 9.17) is 9.47 Å². The van der Waals surface area contributed by atoms with Crippen LogP contribution in [-0.4, -0.2) is 47.0 Å². The number of carboxylic acid groups (broad SMARTS) is 1. The first kappa shape index (κ1) is 28.4. The van der Waals surface area contributed by atoms with E-state index in [0.29, 0.717) is 31.4 Å². The van der Waals surface area contributed by atoms with Crippen LogP contribution in [0, 0.1) is 11.8 Å². The summed E-state index contributed by atoms with van der Waals surface area (Å²) >= 11 is 0. The van der Waals surface area contributed by atoms with Gasteiger partial charge in [0.1, 0.15) is 17.7 Å². The van der Waals surface area contributed by atoms with E-state index in [0.717, 1.165) is 70.5 Å². The Balaban J connectivity index is 1.45. The third-order valence-corrected chi connectivity index (χ3v) is 9.41. The first-order valence-corrected chi connectivity index (χ1v) is 15.5. The zero-order valence-electron chi connectivity index (χ0n) is 25.2. The average molecular weight is 570 g/mol. The van der Waals surface area contributed by atoms with E-state index in [-0.39, 0.29) is 17.9 Å². The van der Waals surface area contributed by atoms with Crippen molar-refractivity contribution in [1.82, 2.24) is 15.0 Å². The molecule has 0 saturated carbocycles. The second-order valence-electron chi connectivity index (χ2n) is 12.1. The number of fused-ring (bicyclic) bond motifs is 3. The van der Waals surface area contributed by atoms with E-state index in [9.17, 15) is 9.90 Å². The van der Waals surface area contributed by atoms with Crippen molar-refractivity contribution in [3.8, 4) is 5.75 Å². The molecule has 2 aliphatic heterocycles. The zero-order chi connectivity index (χ0) is 29.4. The number of nitrogens with one attached hydrogen (secondary N) is 1. The molecule has 3 heterocycles. The van der Waals surface area contributed by atoms with Crippen molar-refractivity contribution in [2.75, 3.05) is 20.3 Å². The number of carboxylic acids is 1. The molecule has 0 bridgehead atoms. The molecule has 3 aromatic rings. The smallest absolute Gasteiger partial charge is 0.352 e. The van der Waals surface area contributed by atoms with Gasteiger partial charge in [0.2, 0.25) is 0 Å². The van der Waals surface area contributed by atoms with Crippen molar-refractivity contribution < 1.29 is 19.4 Å². The fraction of sp³-hybridized carbons (Fsp3) is 0.457. The van der Waals surface area contributed by atoms with E-state index >= 15 is 0 Å². The molecule has 42 heavy (non-hydrogen) atoms. The van der Waals surface area contributed by atoms with Crippen LogP contribution in [0.25, 0.3) is 22.4 Å². The van der Waals surface area contributed by atoms with Crippen LogP contribution >= 0.6 is 0 Å². The average Bonchev–Trinajstić information content (AvgIpc) is 3.47. The maximum absolute atomic E-state index is 13.1. The summed E-state index contributed by atoms with van der Waals surface area (Å²) in [5, 5.41) is 17.3. The van der Waals surface area contributed by atoms with Crippen molar-refractivity contribution in [1.29, 1.82) is 0 Å². The summed E-state index contributed by atoms with van der Waals surface area (Å²) < 4.78 is 14.5. The predicted octanol–water partition coefficient (Wildman–Crippen LogP) is 5.38. The molecule has 7 nitrogen and oxygen atoms in total. The van der Waals surface area contributed by atoms with Crippen LogP contribution in [0.3, 0.4) is 0 Å². The van der Waals surface area contributed by atoms with Crippen molar-refractivity contribution in [3.63, 3.8) is 0 Å². The Hall–Kier alpha value is -3.71. The Kier molecular flexibility index (Phi) is 8.04. The number of aromatic carboxylic acids is 1. The lowest BCUT2D eigenvalue weighted by Crippen LogP contribution is -2.42. The van der Waals surface area contributed by atoms with Gasteiger partial charge >= 0.3 is 5.97 Å². The fourth-order valence-corrected chi connectivity index (χ4v) is 7.32. The number of rotatable bonds is 7. The third-order valence-electron chi connectivity index (χ3n) is 9.41. The number of benzene rings is 2. The normalized spacial score (nSPS) is 24.0. The summed E-state index contributed by atoms with van der Waals surface area (Å²) in [6.45, 7) is 8.47. The van der Waals surface area contributed by atoms with Crippen molar-refractivity contribution in [2.24, 2.45) is 11.8 Å². The van der Waals surface area contributed by atoms with Gasteiger partial charge in [0.05, 0.1) is 18.9 Å². The Morgan fingerprint density at radius 3 is 2.81 bits per heavy atom. The summed E-state index contributed by atoms with van der Waals surface area (Å²) in [6.07, 6.45) is 8.55. The van der Waals surface area contributed by atoms with E-state index in [1.54, 1.807) is 0 Å². The highest BCUT2D eigenvalue weighted by atomic mass is 16.5. The topological polar surface area (TPSA) is 76.0 Å². The molecule has 2 N–H and O–H groups in total. The molecule has 1 aromatic heterocycles. The maximum Gasteiger partial charge on any atom is 0.352 e. The number of nitrogens with zero attached hydrogens (tertiary/aromatic N) is 2. The van der Waals surface area contributed by atoms with E-state index < -0.39 is 5.97 Å². The molecule has 222 valence electrons. The fourth-order valence-electron chi connectivity index (χ4n) is 7.32. The first-order chi connectivity index (χ1) is 20.4. The van der Waals surface area contributed by atoms with Crippen LogP contribution < -0.4 is 20.7 Å². The highest BCUT2D eigenvalue weighted by molar-refractivity contribution is 5.89. The van der Waals surface area contributed by atoms with Crippen LogP contribution in [0.1, 0.15) is 74.8 Å². The second kappa shape index (κ2) is 11.9. The lowest BCUT2D eigenvalue weighted by atomic mass is 9.78. The molecule has 1 saturated heterocycles. The SMILES string of the molecule is CCC1NN(C)/C2=C/OCCCCn3c(C(=O)O)c(C(C)CCOc4cccc5ccccc45)c4c3=C(C(C)CC=4)C21. The number of hydrogen-bond acceptors (Lipinski definition) is 5. The molecular weight excluding hydrogens is 526 g/mol. The minimum absolute atomic E-state index is 0.0181. The van der Waals surface area contributed by atoms with E-state index in [2.05, 4.69) is 67.1 Å². The summed E-state index contributed by atoms with van der Waals surface area (Å²) in [5.74, 6) is 0.450. The molecule has 2 aromatic carbocycles. The zero-order valence-corrected chi connectivity index (χ0v) is 25.2. The minimum Gasteiger partial charge on any atom is -0.499 e. The van der Waals surface area contributed by atoms with Crippen LogP contribution in [0.4, 0.5) is 0 Å². The lowest BCUT2D eigenvalue weighted by Gasteiger charge is -2.28. The minimum atomic E-state index is -0.850. The van der Waals surface area contributed by atoms with Crippen molar-refractivity contribution >= 4 is 28.4 Å². The molecule has 3 aliphatic rings. The summed E-state index contributed by atoms with van der Waals surface area (Å²) in [4.78, 5) is 13.1. The molecule has 1 fully saturated rings. The molecule has 7 heteroatoms. The Labute approximate surface area is 248 Å². The van der Waals surface area contributed by atoms with Gasteiger partial charge < -0.3 is 24.2 Å². The van der Waals surface area contributed by atoms with Crippen molar-refractivity contribution in [3.05, 3.63) is 76.2 Å². The molecule has 0 radical (unpaired) electrons. The Morgan fingerprint density at radius 1 is 1.19 bits per heavy atom. The predicted molar refractivity (Wildman–Crippen MR) is 167 cm³/mol. The van der Waals surface area contributed by atoms with Gasteiger partial charge in [-0.1, -0.05) is 63.2 Å². The molecular formula is C35H43N3O4. The largest absolute Gasteiger partial charge is 0.499 e. The van der Waals surface area contributed by atoms with Gasteiger partial charge in [-0.15, -0.1) is 0 Å². The van der Waals surface area contributed by atoms with Gasteiger partial charge in [0, 0.05) is 36.3 Å². The van der Waals surface area contributed by atoms with Crippen LogP contribution in [0.2, 0.25) is 0 Å². The molecule has 1 aliphatic carbocycles. The number of ether oxygens (including phenoxy) is 2. The highest BCUT2D eigenvalue weighted by Crippen LogP contribution is 2.39. The van der Waals surface area contributed by atoms with E-state index in [1.165, 1.54) is 5.57 Å². The third kappa shape index (κ3) is 4.98. The van der Waals surface area contributed by atoms with Crippen LogP contribution in [0.15, 0.2) is 54.4 Å². The monoisotopic (exact) mass is 569 g/mol. The van der Waals surface area contributed by atoms with Crippen LogP contribution in [-0.2, 0) is 11.3 Å². The van der Waals surface area contributed by atoms with Gasteiger partial charge in [0.15, 0.2) is 0 Å². The second-order valence-corrected chi connectivity index (χ2v) is 12.1. The number of carbonyl (C=O) groups is 1. The molecule has 4 unspecified atom stereocenters. The van der Waals surface area contributed by atoms with Crippen LogP contribution in [0.5, 0.6) is 5.75 Å². The molecule has 6 rings (SSSR count). The van der Waals surface area contributed by atoms with Gasteiger partial charge in [-0.25, -0.2) is 10.2 Å². The van der Waals surface area contributed by atoms with E-state index in [1.807, 2.05) is 30.5 Å². The molecule has 0 amide bonds. The van der Waals surface area contributed by atoms with Gasteiger partial charge in [0.25, 0.3) is 0 Å². The molecule has 4 atom stereocenters. The van der Waals surface area contributed by atoms with Gasteiger partial charge in [-0.05, 0) is 71.7 Å². The lowest BCUT2D eigenvalue weighted by molar-refractivity contribution is 0.0682. The maximum atomic E-state index is 13.1. The Morgan fingerprint density at radius 2 is 2.00 bits per heavy atom. The van der Waals surface area contributed by atoms with Gasteiger partial charge in [-0.2, -0.15) is 0 Å². The molecule has 0 spiro atoms. The number of aromatic nitrogens is 1. The summed E-state index contributed by atoms with van der Waals surface area (Å²) in [6, 6.07) is 14.6. The quantitative estimate of drug-likeness (QED) is 0.398. The summed E-state index contributed by atoms with van der Waals surface area (Å²) in [5.41, 5.74) is 7.51. The first-order valence-electron chi connectivity index (χ1n) is 15.5. The van der Waals surface area contributed by atoms with Crippen molar-refractivity contribution in [2.45, 2.75) is 71.4 Å². The van der Waals surface area contributed by atoms with Gasteiger partial charge in [-0.3, -0.25) is 0 Å². The Bertz CT molecular complexity index is 1630. The summed E-state index contributed by atoms with van der Waals surface area (Å²) in [7, 11) is 2.06.